The summed E-state index contributed by atoms with van der Waals surface area (Å²) in [5.41, 5.74) is 0.868. The van der Waals surface area contributed by atoms with Gasteiger partial charge >= 0.3 is 0 Å². The van der Waals surface area contributed by atoms with Gasteiger partial charge in [0.25, 0.3) is 5.91 Å². The van der Waals surface area contributed by atoms with Crippen molar-refractivity contribution in [3.63, 3.8) is 0 Å². The quantitative estimate of drug-likeness (QED) is 0.613. The number of amides is 1. The topological polar surface area (TPSA) is 70.6 Å². The van der Waals surface area contributed by atoms with E-state index in [-0.39, 0.29) is 17.2 Å². The maximum atomic E-state index is 12.2. The number of phenolic OH excluding ortho intramolecular Hbond substituents is 1. The lowest BCUT2D eigenvalue weighted by atomic mass is 10.2. The number of anilines is 1. The summed E-state index contributed by atoms with van der Waals surface area (Å²) in [6.07, 6.45) is 1.65. The molecule has 1 aliphatic rings. The number of benzene rings is 2. The standard InChI is InChI=1S/C17H14BrClN2O3S/c1-24-14-5-3-11(19)8-12(14)20-17-21-16(23)15(25-17)7-9-6-10(18)2-4-13(9)22/h2-8,17,20,22H,1H3,(H,21,23)/b15-7-. The van der Waals surface area contributed by atoms with Crippen LogP contribution in [0.1, 0.15) is 5.56 Å². The van der Waals surface area contributed by atoms with Gasteiger partial charge in [0.1, 0.15) is 11.5 Å². The van der Waals surface area contributed by atoms with E-state index in [1.54, 1.807) is 49.6 Å². The van der Waals surface area contributed by atoms with Crippen molar-refractivity contribution in [2.24, 2.45) is 0 Å². The first kappa shape index (κ1) is 18.0. The molecule has 1 saturated heterocycles. The van der Waals surface area contributed by atoms with Gasteiger partial charge in [-0.2, -0.15) is 0 Å². The third kappa shape index (κ3) is 4.23. The smallest absolute Gasteiger partial charge is 0.260 e. The Bertz CT molecular complexity index is 860. The summed E-state index contributed by atoms with van der Waals surface area (Å²) in [4.78, 5) is 12.7. The molecule has 0 saturated carbocycles. The maximum absolute atomic E-state index is 12.2. The number of hydrogen-bond acceptors (Lipinski definition) is 5. The van der Waals surface area contributed by atoms with Gasteiger partial charge in [-0.25, -0.2) is 0 Å². The zero-order chi connectivity index (χ0) is 18.0. The van der Waals surface area contributed by atoms with Crippen molar-refractivity contribution < 1.29 is 14.6 Å². The molecule has 2 aromatic rings. The van der Waals surface area contributed by atoms with E-state index in [1.165, 1.54) is 11.8 Å². The van der Waals surface area contributed by atoms with E-state index in [0.717, 1.165) is 4.47 Å². The monoisotopic (exact) mass is 440 g/mol. The molecule has 130 valence electrons. The molecule has 3 N–H and O–H groups in total. The summed E-state index contributed by atoms with van der Waals surface area (Å²) in [5.74, 6) is 0.515. The summed E-state index contributed by atoms with van der Waals surface area (Å²) >= 11 is 10.7. The minimum Gasteiger partial charge on any atom is -0.507 e. The molecule has 25 heavy (non-hydrogen) atoms. The van der Waals surface area contributed by atoms with Crippen molar-refractivity contribution in [3.8, 4) is 11.5 Å². The van der Waals surface area contributed by atoms with E-state index in [4.69, 9.17) is 16.3 Å². The first-order valence-electron chi connectivity index (χ1n) is 7.24. The molecule has 1 heterocycles. The van der Waals surface area contributed by atoms with Crippen LogP contribution in [-0.2, 0) is 4.79 Å². The first-order valence-corrected chi connectivity index (χ1v) is 9.29. The molecule has 0 aliphatic carbocycles. The number of nitrogens with one attached hydrogen (secondary N) is 2. The molecule has 1 amide bonds. The summed E-state index contributed by atoms with van der Waals surface area (Å²) < 4.78 is 6.11. The van der Waals surface area contributed by atoms with Gasteiger partial charge in [0, 0.05) is 15.1 Å². The molecular formula is C17H14BrClN2O3S. The van der Waals surface area contributed by atoms with Gasteiger partial charge in [0.05, 0.1) is 17.7 Å². The van der Waals surface area contributed by atoms with Crippen LogP contribution in [0.5, 0.6) is 11.5 Å². The summed E-state index contributed by atoms with van der Waals surface area (Å²) in [7, 11) is 1.57. The van der Waals surface area contributed by atoms with E-state index < -0.39 is 0 Å². The van der Waals surface area contributed by atoms with Crippen LogP contribution in [-0.4, -0.2) is 23.6 Å². The van der Waals surface area contributed by atoms with E-state index in [2.05, 4.69) is 26.6 Å². The van der Waals surface area contributed by atoms with Crippen LogP contribution in [0.15, 0.2) is 45.8 Å². The molecule has 1 atom stereocenters. The Labute approximate surface area is 162 Å². The van der Waals surface area contributed by atoms with Crippen molar-refractivity contribution in [3.05, 3.63) is 56.4 Å². The van der Waals surface area contributed by atoms with E-state index in [0.29, 0.717) is 26.9 Å². The fourth-order valence-corrected chi connectivity index (χ4v) is 3.80. The second kappa shape index (κ2) is 7.59. The van der Waals surface area contributed by atoms with Crippen molar-refractivity contribution in [1.82, 2.24) is 5.32 Å². The molecule has 0 radical (unpaired) electrons. The molecule has 0 aromatic heterocycles. The number of hydrogen-bond donors (Lipinski definition) is 3. The minimum atomic E-state index is -0.375. The number of methoxy groups -OCH3 is 1. The van der Waals surface area contributed by atoms with Gasteiger partial charge in [-0.1, -0.05) is 39.3 Å². The highest BCUT2D eigenvalue weighted by atomic mass is 79.9. The zero-order valence-corrected chi connectivity index (χ0v) is 16.2. The van der Waals surface area contributed by atoms with Gasteiger partial charge in [-0.05, 0) is 42.5 Å². The molecular weight excluding hydrogens is 428 g/mol. The van der Waals surface area contributed by atoms with Crippen molar-refractivity contribution in [2.75, 3.05) is 12.4 Å². The van der Waals surface area contributed by atoms with Crippen LogP contribution in [0.3, 0.4) is 0 Å². The molecule has 8 heteroatoms. The van der Waals surface area contributed by atoms with Crippen molar-refractivity contribution >= 4 is 57.0 Å². The number of carbonyl (C=O) groups excluding carboxylic acids is 1. The third-order valence-electron chi connectivity index (χ3n) is 3.46. The predicted molar refractivity (Wildman–Crippen MR) is 105 cm³/mol. The van der Waals surface area contributed by atoms with Gasteiger partial charge in [-0.3, -0.25) is 4.79 Å². The average molecular weight is 442 g/mol. The molecule has 1 aliphatic heterocycles. The second-order valence-electron chi connectivity index (χ2n) is 5.17. The number of aromatic hydroxyl groups is 1. The maximum Gasteiger partial charge on any atom is 0.260 e. The third-order valence-corrected chi connectivity index (χ3v) is 5.21. The Morgan fingerprint density at radius 1 is 1.36 bits per heavy atom. The lowest BCUT2D eigenvalue weighted by Gasteiger charge is -2.15. The Morgan fingerprint density at radius 3 is 2.92 bits per heavy atom. The Balaban J connectivity index is 1.80. The lowest BCUT2D eigenvalue weighted by Crippen LogP contribution is -2.31. The fourth-order valence-electron chi connectivity index (χ4n) is 2.28. The highest BCUT2D eigenvalue weighted by Gasteiger charge is 2.28. The highest BCUT2D eigenvalue weighted by molar-refractivity contribution is 9.10. The van der Waals surface area contributed by atoms with Crippen molar-refractivity contribution in [2.45, 2.75) is 5.50 Å². The van der Waals surface area contributed by atoms with Gasteiger partial charge in [-0.15, -0.1) is 0 Å². The minimum absolute atomic E-state index is 0.108. The fraction of sp³-hybridized carbons (Fsp3) is 0.118. The van der Waals surface area contributed by atoms with Gasteiger partial charge < -0.3 is 20.5 Å². The van der Waals surface area contributed by atoms with Crippen LogP contribution in [0.4, 0.5) is 5.69 Å². The van der Waals surface area contributed by atoms with Crippen molar-refractivity contribution in [1.29, 1.82) is 0 Å². The van der Waals surface area contributed by atoms with Crippen LogP contribution < -0.4 is 15.4 Å². The Kier molecular flexibility index (Phi) is 5.46. The molecule has 1 fully saturated rings. The Morgan fingerprint density at radius 2 is 2.16 bits per heavy atom. The first-order chi connectivity index (χ1) is 12.0. The Hall–Kier alpha value is -1.83. The molecule has 0 bridgehead atoms. The number of phenols is 1. The highest BCUT2D eigenvalue weighted by Crippen LogP contribution is 2.35. The molecule has 3 rings (SSSR count). The summed E-state index contributed by atoms with van der Waals surface area (Å²) in [6, 6.07) is 10.3. The summed E-state index contributed by atoms with van der Waals surface area (Å²) in [6.45, 7) is 0. The normalized spacial score (nSPS) is 18.3. The SMILES string of the molecule is COc1ccc(Cl)cc1NC1NC(=O)/C(=C/c2cc(Br)ccc2O)S1. The number of halogens is 2. The lowest BCUT2D eigenvalue weighted by molar-refractivity contribution is -0.116. The number of carbonyl (C=O) groups is 1. The van der Waals surface area contributed by atoms with Crippen LogP contribution in [0.2, 0.25) is 5.02 Å². The molecule has 1 unspecified atom stereocenters. The van der Waals surface area contributed by atoms with E-state index in [9.17, 15) is 9.90 Å². The molecule has 5 nitrogen and oxygen atoms in total. The van der Waals surface area contributed by atoms with Gasteiger partial charge in [0.15, 0.2) is 5.50 Å². The average Bonchev–Trinajstić information content (AvgIpc) is 2.90. The number of ether oxygens (including phenoxy) is 1. The number of rotatable bonds is 4. The summed E-state index contributed by atoms with van der Waals surface area (Å²) in [5, 5.41) is 16.5. The van der Waals surface area contributed by atoms with E-state index in [1.807, 2.05) is 0 Å². The van der Waals surface area contributed by atoms with Crippen LogP contribution in [0, 0.1) is 0 Å². The van der Waals surface area contributed by atoms with Gasteiger partial charge in [0.2, 0.25) is 0 Å². The molecule has 2 aromatic carbocycles. The van der Waals surface area contributed by atoms with Crippen LogP contribution in [0.25, 0.3) is 6.08 Å². The number of thioether (sulfide) groups is 1. The predicted octanol–water partition coefficient (Wildman–Crippen LogP) is 4.42. The zero-order valence-electron chi connectivity index (χ0n) is 13.0. The van der Waals surface area contributed by atoms with Crippen LogP contribution >= 0.6 is 39.3 Å². The van der Waals surface area contributed by atoms with E-state index >= 15 is 0 Å². The largest absolute Gasteiger partial charge is 0.507 e. The second-order valence-corrected chi connectivity index (χ2v) is 7.67. The molecule has 0 spiro atoms.